The van der Waals surface area contributed by atoms with E-state index in [2.05, 4.69) is 10.3 Å². The minimum absolute atomic E-state index is 0. The third kappa shape index (κ3) is 4.86. The lowest BCUT2D eigenvalue weighted by atomic mass is 10.0. The monoisotopic (exact) mass is 323 g/mol. The zero-order chi connectivity index (χ0) is 15.4. The van der Waals surface area contributed by atoms with Crippen molar-refractivity contribution in [2.75, 3.05) is 5.32 Å². The fourth-order valence-electron chi connectivity index (χ4n) is 2.07. The molecule has 2 aromatic rings. The molecule has 6 heteroatoms. The number of halogens is 1. The van der Waals surface area contributed by atoms with Gasteiger partial charge in [0.05, 0.1) is 11.7 Å². The van der Waals surface area contributed by atoms with Gasteiger partial charge in [0.15, 0.2) is 0 Å². The van der Waals surface area contributed by atoms with Gasteiger partial charge in [-0.3, -0.25) is 4.79 Å². The third-order valence-electron chi connectivity index (χ3n) is 3.06. The first kappa shape index (κ1) is 18.2. The van der Waals surface area contributed by atoms with Crippen LogP contribution >= 0.6 is 12.4 Å². The molecule has 0 spiro atoms. The molecule has 120 valence electrons. The number of rotatable bonds is 5. The van der Waals surface area contributed by atoms with Crippen molar-refractivity contribution >= 4 is 24.0 Å². The summed E-state index contributed by atoms with van der Waals surface area (Å²) in [7, 11) is 0. The summed E-state index contributed by atoms with van der Waals surface area (Å²) in [6, 6.07) is 6.87. The molecule has 1 amide bonds. The van der Waals surface area contributed by atoms with E-state index in [4.69, 9.17) is 10.2 Å². The Morgan fingerprint density at radius 3 is 2.73 bits per heavy atom. The summed E-state index contributed by atoms with van der Waals surface area (Å²) in [6.45, 7) is 5.95. The van der Waals surface area contributed by atoms with Crippen molar-refractivity contribution in [1.29, 1.82) is 0 Å². The molecule has 1 aromatic heterocycles. The van der Waals surface area contributed by atoms with Crippen LogP contribution < -0.4 is 11.1 Å². The van der Waals surface area contributed by atoms with Crippen LogP contribution in [0.25, 0.3) is 11.5 Å². The number of amides is 1. The molecule has 1 aromatic carbocycles. The normalized spacial score (nSPS) is 11.9. The Labute approximate surface area is 136 Å². The Morgan fingerprint density at radius 2 is 2.14 bits per heavy atom. The first-order valence-corrected chi connectivity index (χ1v) is 7.04. The Morgan fingerprint density at radius 1 is 1.41 bits per heavy atom. The number of carbonyl (C=O) groups excluding carboxylic acids is 1. The summed E-state index contributed by atoms with van der Waals surface area (Å²) >= 11 is 0. The topological polar surface area (TPSA) is 81.2 Å². The van der Waals surface area contributed by atoms with E-state index in [0.717, 1.165) is 11.3 Å². The number of carbonyl (C=O) groups is 1. The highest BCUT2D eigenvalue weighted by Gasteiger charge is 2.15. The van der Waals surface area contributed by atoms with Gasteiger partial charge in [-0.25, -0.2) is 4.98 Å². The van der Waals surface area contributed by atoms with E-state index < -0.39 is 6.04 Å². The lowest BCUT2D eigenvalue weighted by Crippen LogP contribution is -2.36. The zero-order valence-corrected chi connectivity index (χ0v) is 13.8. The van der Waals surface area contributed by atoms with Crippen LogP contribution in [0.4, 0.5) is 5.69 Å². The summed E-state index contributed by atoms with van der Waals surface area (Å²) in [4.78, 5) is 16.3. The number of nitrogens with zero attached hydrogens (tertiary/aromatic N) is 1. The first-order valence-electron chi connectivity index (χ1n) is 7.04. The third-order valence-corrected chi connectivity index (χ3v) is 3.06. The fraction of sp³-hybridized carbons (Fsp3) is 0.375. The number of nitrogens with two attached hydrogens (primary N) is 1. The van der Waals surface area contributed by atoms with Gasteiger partial charge in [0.1, 0.15) is 6.26 Å². The fourth-order valence-corrected chi connectivity index (χ4v) is 2.07. The molecule has 0 fully saturated rings. The highest BCUT2D eigenvalue weighted by molar-refractivity contribution is 5.95. The maximum absolute atomic E-state index is 12.0. The molecule has 0 radical (unpaired) electrons. The highest BCUT2D eigenvalue weighted by atomic mass is 35.5. The molecule has 0 saturated heterocycles. The molecule has 22 heavy (non-hydrogen) atoms. The lowest BCUT2D eigenvalue weighted by molar-refractivity contribution is -0.117. The van der Waals surface area contributed by atoms with E-state index in [1.165, 1.54) is 0 Å². The van der Waals surface area contributed by atoms with Crippen LogP contribution in [0.1, 0.15) is 26.0 Å². The van der Waals surface area contributed by atoms with Crippen molar-refractivity contribution in [3.63, 3.8) is 0 Å². The predicted octanol–water partition coefficient (Wildman–Crippen LogP) is 3.38. The van der Waals surface area contributed by atoms with Crippen LogP contribution in [0.15, 0.2) is 34.9 Å². The van der Waals surface area contributed by atoms with Crippen LogP contribution in [0.2, 0.25) is 0 Å². The smallest absolute Gasteiger partial charge is 0.241 e. The lowest BCUT2D eigenvalue weighted by Gasteiger charge is -2.14. The summed E-state index contributed by atoms with van der Waals surface area (Å²) in [5.74, 6) is 0.742. The number of benzene rings is 1. The van der Waals surface area contributed by atoms with Gasteiger partial charge in [0.25, 0.3) is 0 Å². The van der Waals surface area contributed by atoms with Crippen molar-refractivity contribution in [3.8, 4) is 11.5 Å². The van der Waals surface area contributed by atoms with Crippen molar-refractivity contribution in [2.24, 2.45) is 11.7 Å². The average Bonchev–Trinajstić information content (AvgIpc) is 2.85. The molecule has 0 aliphatic heterocycles. The number of oxazole rings is 1. The first-order chi connectivity index (χ1) is 9.95. The van der Waals surface area contributed by atoms with Crippen LogP contribution in [0.3, 0.4) is 0 Å². The molecule has 5 nitrogen and oxygen atoms in total. The van der Waals surface area contributed by atoms with Gasteiger partial charge in [-0.15, -0.1) is 12.4 Å². The van der Waals surface area contributed by atoms with E-state index in [9.17, 15) is 4.79 Å². The maximum Gasteiger partial charge on any atom is 0.241 e. The number of hydrogen-bond acceptors (Lipinski definition) is 4. The van der Waals surface area contributed by atoms with E-state index in [0.29, 0.717) is 23.9 Å². The SMILES string of the molecule is Cc1coc(-c2cccc(NC(=O)[C@@H](N)CC(C)C)c2)n1.Cl. The van der Waals surface area contributed by atoms with Crippen molar-refractivity contribution in [3.05, 3.63) is 36.2 Å². The van der Waals surface area contributed by atoms with Gasteiger partial charge in [-0.05, 0) is 37.5 Å². The van der Waals surface area contributed by atoms with Gasteiger partial charge in [0, 0.05) is 11.3 Å². The predicted molar refractivity (Wildman–Crippen MR) is 90.0 cm³/mol. The molecule has 3 N–H and O–H groups in total. The van der Waals surface area contributed by atoms with Crippen molar-refractivity contribution < 1.29 is 9.21 Å². The quantitative estimate of drug-likeness (QED) is 0.883. The summed E-state index contributed by atoms with van der Waals surface area (Å²) in [5, 5.41) is 2.83. The molecular formula is C16H22ClN3O2. The molecule has 0 unspecified atom stereocenters. The molecule has 0 aliphatic rings. The molecule has 1 heterocycles. The Hall–Kier alpha value is -1.85. The van der Waals surface area contributed by atoms with Crippen LogP contribution in [-0.2, 0) is 4.79 Å². The number of aryl methyl sites for hydroxylation is 1. The van der Waals surface area contributed by atoms with Crippen molar-refractivity contribution in [2.45, 2.75) is 33.2 Å². The van der Waals surface area contributed by atoms with E-state index >= 15 is 0 Å². The molecule has 0 aliphatic carbocycles. The van der Waals surface area contributed by atoms with E-state index in [1.54, 1.807) is 6.26 Å². The Balaban J connectivity index is 0.00000242. The second-order valence-corrected chi connectivity index (χ2v) is 5.60. The van der Waals surface area contributed by atoms with Gasteiger partial charge in [-0.2, -0.15) is 0 Å². The molecule has 0 bridgehead atoms. The average molecular weight is 324 g/mol. The standard InChI is InChI=1S/C16H21N3O2.ClH/c1-10(2)7-14(17)15(20)19-13-6-4-5-12(8-13)16-18-11(3)9-21-16;/h4-6,8-10,14H,7,17H2,1-3H3,(H,19,20);1H/t14-;/m0./s1. The highest BCUT2D eigenvalue weighted by Crippen LogP contribution is 2.22. The van der Waals surface area contributed by atoms with Gasteiger partial charge < -0.3 is 15.5 Å². The number of aromatic nitrogens is 1. The molecular weight excluding hydrogens is 302 g/mol. The molecule has 0 saturated carbocycles. The van der Waals surface area contributed by atoms with Gasteiger partial charge in [-0.1, -0.05) is 19.9 Å². The number of anilines is 1. The second kappa shape index (κ2) is 7.96. The Bertz CT molecular complexity index is 625. The van der Waals surface area contributed by atoms with Gasteiger partial charge >= 0.3 is 0 Å². The zero-order valence-electron chi connectivity index (χ0n) is 13.0. The second-order valence-electron chi connectivity index (χ2n) is 5.60. The molecule has 1 atom stereocenters. The largest absolute Gasteiger partial charge is 0.444 e. The van der Waals surface area contributed by atoms with Crippen LogP contribution in [-0.4, -0.2) is 16.9 Å². The van der Waals surface area contributed by atoms with Crippen LogP contribution in [0.5, 0.6) is 0 Å². The van der Waals surface area contributed by atoms with Gasteiger partial charge in [0.2, 0.25) is 11.8 Å². The van der Waals surface area contributed by atoms with E-state index in [1.807, 2.05) is 45.0 Å². The number of nitrogens with one attached hydrogen (secondary N) is 1. The summed E-state index contributed by atoms with van der Waals surface area (Å²) < 4.78 is 5.36. The summed E-state index contributed by atoms with van der Waals surface area (Å²) in [5.41, 5.74) is 8.20. The van der Waals surface area contributed by atoms with E-state index in [-0.39, 0.29) is 18.3 Å². The van der Waals surface area contributed by atoms with Crippen molar-refractivity contribution in [1.82, 2.24) is 4.98 Å². The minimum Gasteiger partial charge on any atom is -0.444 e. The molecule has 2 rings (SSSR count). The minimum atomic E-state index is -0.502. The summed E-state index contributed by atoms with van der Waals surface area (Å²) in [6.07, 6.45) is 2.25. The Kier molecular flexibility index (Phi) is 6.59. The maximum atomic E-state index is 12.0. The number of hydrogen-bond donors (Lipinski definition) is 2. The van der Waals surface area contributed by atoms with Crippen LogP contribution in [0, 0.1) is 12.8 Å².